The van der Waals surface area contributed by atoms with Crippen molar-refractivity contribution in [2.75, 3.05) is 26.1 Å². The van der Waals surface area contributed by atoms with Gasteiger partial charge in [0, 0.05) is 6.54 Å². The molecule has 0 fully saturated rings. The van der Waals surface area contributed by atoms with Crippen molar-refractivity contribution in [3.05, 3.63) is 11.6 Å². The van der Waals surface area contributed by atoms with Gasteiger partial charge in [0.15, 0.2) is 0 Å². The van der Waals surface area contributed by atoms with Crippen molar-refractivity contribution in [2.45, 2.75) is 25.7 Å². The Labute approximate surface area is 106 Å². The lowest BCUT2D eigenvalue weighted by atomic mass is 10.2. The van der Waals surface area contributed by atoms with Gasteiger partial charge in [-0.2, -0.15) is 9.97 Å². The van der Waals surface area contributed by atoms with E-state index in [2.05, 4.69) is 26.3 Å². The van der Waals surface area contributed by atoms with Crippen molar-refractivity contribution < 1.29 is 9.47 Å². The normalized spacial score (nSPS) is 14.2. The topological polar surface area (TPSA) is 69.2 Å². The Morgan fingerprint density at radius 3 is 2.44 bits per heavy atom. The molecule has 2 rings (SSSR count). The van der Waals surface area contributed by atoms with Crippen molar-refractivity contribution in [3.63, 3.8) is 0 Å². The van der Waals surface area contributed by atoms with E-state index in [1.807, 2.05) is 0 Å². The molecule has 0 spiro atoms. The number of nitrogens with zero attached hydrogens (tertiary/aromatic N) is 3. The summed E-state index contributed by atoms with van der Waals surface area (Å²) in [6.45, 7) is 0.808. The van der Waals surface area contributed by atoms with E-state index in [1.54, 1.807) is 0 Å². The second kappa shape index (κ2) is 6.18. The van der Waals surface area contributed by atoms with Crippen LogP contribution in [0.15, 0.2) is 11.6 Å². The number of aromatic nitrogens is 3. The Balaban J connectivity index is 1.91. The van der Waals surface area contributed by atoms with Gasteiger partial charge in [0.1, 0.15) is 0 Å². The van der Waals surface area contributed by atoms with Crippen LogP contribution < -0.4 is 14.8 Å². The average molecular weight is 250 g/mol. The predicted octanol–water partition coefficient (Wildman–Crippen LogP) is 1.80. The number of methoxy groups -OCH3 is 2. The third-order valence-corrected chi connectivity index (χ3v) is 2.82. The zero-order chi connectivity index (χ0) is 12.8. The lowest BCUT2D eigenvalue weighted by Crippen LogP contribution is -2.08. The highest BCUT2D eigenvalue weighted by atomic mass is 16.5. The molecule has 98 valence electrons. The molecule has 1 N–H and O–H groups in total. The first-order valence-electron chi connectivity index (χ1n) is 6.07. The number of rotatable bonds is 6. The Kier molecular flexibility index (Phi) is 4.33. The minimum atomic E-state index is 0.254. The third kappa shape index (κ3) is 3.32. The Hall–Kier alpha value is -1.85. The molecule has 1 aromatic rings. The maximum atomic E-state index is 4.98. The summed E-state index contributed by atoms with van der Waals surface area (Å²) in [7, 11) is 3.03. The van der Waals surface area contributed by atoms with Crippen LogP contribution in [0.5, 0.6) is 12.0 Å². The second-order valence-electron chi connectivity index (χ2n) is 4.06. The van der Waals surface area contributed by atoms with Gasteiger partial charge in [0.25, 0.3) is 0 Å². The van der Waals surface area contributed by atoms with Crippen molar-refractivity contribution in [1.29, 1.82) is 0 Å². The Morgan fingerprint density at radius 2 is 1.89 bits per heavy atom. The maximum Gasteiger partial charge on any atom is 0.324 e. The van der Waals surface area contributed by atoms with Gasteiger partial charge in [-0.25, -0.2) is 0 Å². The molecule has 0 aromatic carbocycles. The molecular formula is C12H18N4O2. The van der Waals surface area contributed by atoms with Gasteiger partial charge in [-0.1, -0.05) is 11.6 Å². The summed E-state index contributed by atoms with van der Waals surface area (Å²) in [5, 5.41) is 3.16. The predicted molar refractivity (Wildman–Crippen MR) is 68.0 cm³/mol. The van der Waals surface area contributed by atoms with Crippen molar-refractivity contribution in [3.8, 4) is 12.0 Å². The average Bonchev–Trinajstić information content (AvgIpc) is 2.91. The van der Waals surface area contributed by atoms with Gasteiger partial charge in [-0.05, 0) is 25.7 Å². The SMILES string of the molecule is COc1nc(NCCC2=CCCC2)nc(OC)n1. The lowest BCUT2D eigenvalue weighted by Gasteiger charge is -2.07. The van der Waals surface area contributed by atoms with Crippen LogP contribution in [0.2, 0.25) is 0 Å². The van der Waals surface area contributed by atoms with E-state index in [9.17, 15) is 0 Å². The van der Waals surface area contributed by atoms with Crippen LogP contribution in [-0.4, -0.2) is 35.7 Å². The van der Waals surface area contributed by atoms with E-state index in [-0.39, 0.29) is 12.0 Å². The van der Waals surface area contributed by atoms with Gasteiger partial charge in [-0.3, -0.25) is 0 Å². The molecule has 1 aromatic heterocycles. The molecule has 6 nitrogen and oxygen atoms in total. The van der Waals surface area contributed by atoms with Crippen LogP contribution in [-0.2, 0) is 0 Å². The number of hydrogen-bond donors (Lipinski definition) is 1. The first kappa shape index (κ1) is 12.6. The van der Waals surface area contributed by atoms with Crippen LogP contribution in [0.4, 0.5) is 5.95 Å². The molecule has 6 heteroatoms. The molecule has 0 bridgehead atoms. The van der Waals surface area contributed by atoms with Gasteiger partial charge in [0.05, 0.1) is 14.2 Å². The van der Waals surface area contributed by atoms with Crippen LogP contribution in [0, 0.1) is 0 Å². The molecule has 18 heavy (non-hydrogen) atoms. The van der Waals surface area contributed by atoms with Crippen molar-refractivity contribution in [1.82, 2.24) is 15.0 Å². The van der Waals surface area contributed by atoms with E-state index in [4.69, 9.17) is 9.47 Å². The number of hydrogen-bond acceptors (Lipinski definition) is 6. The highest BCUT2D eigenvalue weighted by Gasteiger charge is 2.08. The second-order valence-corrected chi connectivity index (χ2v) is 4.06. The molecule has 1 heterocycles. The summed E-state index contributed by atoms with van der Waals surface area (Å²) in [6, 6.07) is 0.508. The molecule has 0 atom stereocenters. The van der Waals surface area contributed by atoms with Gasteiger partial charge < -0.3 is 14.8 Å². The van der Waals surface area contributed by atoms with E-state index in [0.29, 0.717) is 5.95 Å². The zero-order valence-corrected chi connectivity index (χ0v) is 10.8. The van der Waals surface area contributed by atoms with Crippen LogP contribution in [0.1, 0.15) is 25.7 Å². The summed E-state index contributed by atoms with van der Waals surface area (Å²) < 4.78 is 9.97. The van der Waals surface area contributed by atoms with E-state index in [0.717, 1.165) is 13.0 Å². The molecule has 0 unspecified atom stereocenters. The standard InChI is InChI=1S/C12H18N4O2/c1-17-11-14-10(15-12(16-11)18-2)13-8-7-9-5-3-4-6-9/h5H,3-4,6-8H2,1-2H3,(H,13,14,15,16). The first-order chi connectivity index (χ1) is 8.81. The number of ether oxygens (including phenoxy) is 2. The van der Waals surface area contributed by atoms with Crippen LogP contribution in [0.3, 0.4) is 0 Å². The molecule has 0 radical (unpaired) electrons. The third-order valence-electron chi connectivity index (χ3n) is 2.82. The minimum absolute atomic E-state index is 0.254. The highest BCUT2D eigenvalue weighted by molar-refractivity contribution is 5.28. The van der Waals surface area contributed by atoms with Crippen LogP contribution >= 0.6 is 0 Å². The van der Waals surface area contributed by atoms with E-state index in [1.165, 1.54) is 39.1 Å². The summed E-state index contributed by atoms with van der Waals surface area (Å²) >= 11 is 0. The largest absolute Gasteiger partial charge is 0.467 e. The van der Waals surface area contributed by atoms with Gasteiger partial charge in [-0.15, -0.1) is 4.98 Å². The summed E-state index contributed by atoms with van der Waals surface area (Å²) in [4.78, 5) is 12.2. The molecule has 0 saturated heterocycles. The van der Waals surface area contributed by atoms with Gasteiger partial charge >= 0.3 is 12.0 Å². The summed E-state index contributed by atoms with van der Waals surface area (Å²) in [5.41, 5.74) is 1.51. The molecule has 0 aliphatic heterocycles. The molecular weight excluding hydrogens is 232 g/mol. The monoisotopic (exact) mass is 250 g/mol. The fourth-order valence-electron chi connectivity index (χ4n) is 1.90. The Morgan fingerprint density at radius 1 is 1.17 bits per heavy atom. The van der Waals surface area contributed by atoms with Crippen molar-refractivity contribution >= 4 is 5.95 Å². The number of allylic oxidation sites excluding steroid dienone is 1. The fourth-order valence-corrected chi connectivity index (χ4v) is 1.90. The van der Waals surface area contributed by atoms with Crippen molar-refractivity contribution in [2.24, 2.45) is 0 Å². The summed E-state index contributed by atoms with van der Waals surface area (Å²) in [6.07, 6.45) is 7.05. The highest BCUT2D eigenvalue weighted by Crippen LogP contribution is 2.20. The number of anilines is 1. The molecule has 1 aliphatic carbocycles. The zero-order valence-electron chi connectivity index (χ0n) is 10.8. The minimum Gasteiger partial charge on any atom is -0.467 e. The fraction of sp³-hybridized carbons (Fsp3) is 0.583. The van der Waals surface area contributed by atoms with E-state index < -0.39 is 0 Å². The summed E-state index contributed by atoms with van der Waals surface area (Å²) in [5.74, 6) is 0.484. The molecule has 0 saturated carbocycles. The maximum absolute atomic E-state index is 4.98. The van der Waals surface area contributed by atoms with Crippen LogP contribution in [0.25, 0.3) is 0 Å². The lowest BCUT2D eigenvalue weighted by molar-refractivity contribution is 0.341. The quantitative estimate of drug-likeness (QED) is 0.776. The first-order valence-corrected chi connectivity index (χ1v) is 6.07. The van der Waals surface area contributed by atoms with Gasteiger partial charge in [0.2, 0.25) is 5.95 Å². The number of nitrogens with one attached hydrogen (secondary N) is 1. The smallest absolute Gasteiger partial charge is 0.324 e. The van der Waals surface area contributed by atoms with E-state index >= 15 is 0 Å². The Bertz CT molecular complexity index is 412. The molecule has 1 aliphatic rings. The molecule has 0 amide bonds.